The Labute approximate surface area is 104 Å². The van der Waals surface area contributed by atoms with Crippen LogP contribution < -0.4 is 0 Å². The molecule has 86 valence electrons. The number of carbonyl (C=O) groups excluding carboxylic acids is 2. The van der Waals surface area contributed by atoms with E-state index in [0.717, 1.165) is 10.9 Å². The monoisotopic (exact) mass is 283 g/mol. The standard InChI is InChI=1S/C12H14BrNO2/c1-9-3-4-11(13)7-10(9)5-6-14(2)12(16)8-15/h3-4,7-8H,5-6H2,1-2H3. The summed E-state index contributed by atoms with van der Waals surface area (Å²) in [5, 5.41) is 0. The van der Waals surface area contributed by atoms with Crippen LogP contribution in [0, 0.1) is 6.92 Å². The lowest BCUT2D eigenvalue weighted by molar-refractivity contribution is -0.137. The largest absolute Gasteiger partial charge is 0.339 e. The molecule has 1 rings (SSSR count). The van der Waals surface area contributed by atoms with Crippen LogP contribution in [-0.4, -0.2) is 30.7 Å². The molecule has 0 aliphatic rings. The topological polar surface area (TPSA) is 37.4 Å². The van der Waals surface area contributed by atoms with E-state index in [-0.39, 0.29) is 0 Å². The van der Waals surface area contributed by atoms with Crippen molar-refractivity contribution in [2.75, 3.05) is 13.6 Å². The summed E-state index contributed by atoms with van der Waals surface area (Å²) >= 11 is 3.41. The zero-order valence-electron chi connectivity index (χ0n) is 9.37. The molecule has 0 unspecified atom stereocenters. The molecule has 0 saturated carbocycles. The lowest BCUT2D eigenvalue weighted by Crippen LogP contribution is -2.29. The van der Waals surface area contributed by atoms with Crippen molar-refractivity contribution in [3.05, 3.63) is 33.8 Å². The van der Waals surface area contributed by atoms with Gasteiger partial charge in [-0.2, -0.15) is 0 Å². The minimum absolute atomic E-state index is 0.341. The number of carbonyl (C=O) groups is 2. The third-order valence-electron chi connectivity index (χ3n) is 2.50. The predicted octanol–water partition coefficient (Wildman–Crippen LogP) is 1.96. The van der Waals surface area contributed by atoms with Crippen LogP contribution in [0.2, 0.25) is 0 Å². The Bertz CT molecular complexity index is 404. The van der Waals surface area contributed by atoms with Gasteiger partial charge in [-0.25, -0.2) is 0 Å². The van der Waals surface area contributed by atoms with E-state index in [9.17, 15) is 9.59 Å². The van der Waals surface area contributed by atoms with Crippen molar-refractivity contribution >= 4 is 28.1 Å². The van der Waals surface area contributed by atoms with Crippen molar-refractivity contribution in [3.8, 4) is 0 Å². The molecule has 0 aliphatic heterocycles. The molecule has 0 spiro atoms. The number of halogens is 1. The number of rotatable bonds is 4. The molecular weight excluding hydrogens is 270 g/mol. The summed E-state index contributed by atoms with van der Waals surface area (Å²) in [5.74, 6) is -0.479. The first-order chi connectivity index (χ1) is 7.54. The molecule has 16 heavy (non-hydrogen) atoms. The summed E-state index contributed by atoms with van der Waals surface area (Å²) in [5.41, 5.74) is 2.37. The Morgan fingerprint density at radius 1 is 1.50 bits per heavy atom. The van der Waals surface area contributed by atoms with E-state index in [1.54, 1.807) is 7.05 Å². The van der Waals surface area contributed by atoms with Gasteiger partial charge in [0.05, 0.1) is 0 Å². The molecule has 1 aromatic carbocycles. The van der Waals surface area contributed by atoms with Gasteiger partial charge in [0.15, 0.2) is 0 Å². The predicted molar refractivity (Wildman–Crippen MR) is 66.3 cm³/mol. The summed E-state index contributed by atoms with van der Waals surface area (Å²) in [6, 6.07) is 6.05. The highest BCUT2D eigenvalue weighted by Crippen LogP contribution is 2.16. The van der Waals surface area contributed by atoms with Crippen LogP contribution in [0.25, 0.3) is 0 Å². The Balaban J connectivity index is 2.64. The molecule has 1 amide bonds. The van der Waals surface area contributed by atoms with Crippen molar-refractivity contribution in [3.63, 3.8) is 0 Å². The minimum Gasteiger partial charge on any atom is -0.339 e. The van der Waals surface area contributed by atoms with Crippen LogP contribution >= 0.6 is 15.9 Å². The smallest absolute Gasteiger partial charge is 0.286 e. The lowest BCUT2D eigenvalue weighted by atomic mass is 10.1. The Kier molecular flexibility index (Phi) is 4.68. The fourth-order valence-corrected chi connectivity index (χ4v) is 1.81. The van der Waals surface area contributed by atoms with Crippen LogP contribution in [0.3, 0.4) is 0 Å². The second-order valence-electron chi connectivity index (χ2n) is 3.70. The number of likely N-dealkylation sites (N-methyl/N-ethyl adjacent to an activating group) is 1. The molecular formula is C12H14BrNO2. The molecule has 0 aromatic heterocycles. The Hall–Kier alpha value is -1.16. The summed E-state index contributed by atoms with van der Waals surface area (Å²) in [6.07, 6.45) is 1.09. The maximum Gasteiger partial charge on any atom is 0.286 e. The minimum atomic E-state index is -0.479. The highest BCUT2D eigenvalue weighted by atomic mass is 79.9. The van der Waals surface area contributed by atoms with Gasteiger partial charge < -0.3 is 4.90 Å². The van der Waals surface area contributed by atoms with Gasteiger partial charge in [0.2, 0.25) is 6.29 Å². The highest BCUT2D eigenvalue weighted by Gasteiger charge is 2.07. The van der Waals surface area contributed by atoms with Crippen LogP contribution in [0.4, 0.5) is 0 Å². The Morgan fingerprint density at radius 3 is 2.81 bits per heavy atom. The maximum absolute atomic E-state index is 11.0. The first kappa shape index (κ1) is 12.9. The van der Waals surface area contributed by atoms with Gasteiger partial charge >= 0.3 is 0 Å². The van der Waals surface area contributed by atoms with E-state index in [4.69, 9.17) is 0 Å². The van der Waals surface area contributed by atoms with Gasteiger partial charge in [-0.05, 0) is 36.6 Å². The number of amides is 1. The van der Waals surface area contributed by atoms with E-state index in [0.29, 0.717) is 12.8 Å². The maximum atomic E-state index is 11.0. The molecule has 0 radical (unpaired) electrons. The molecule has 0 N–H and O–H groups in total. The average Bonchev–Trinajstić information content (AvgIpc) is 2.28. The van der Waals surface area contributed by atoms with Gasteiger partial charge in [-0.15, -0.1) is 0 Å². The number of aldehydes is 1. The number of hydrogen-bond donors (Lipinski definition) is 0. The Morgan fingerprint density at radius 2 is 2.19 bits per heavy atom. The van der Waals surface area contributed by atoms with Crippen molar-refractivity contribution < 1.29 is 9.59 Å². The molecule has 0 bridgehead atoms. The van der Waals surface area contributed by atoms with E-state index < -0.39 is 5.91 Å². The van der Waals surface area contributed by atoms with Gasteiger partial charge in [-0.3, -0.25) is 9.59 Å². The fraction of sp³-hybridized carbons (Fsp3) is 0.333. The van der Waals surface area contributed by atoms with Gasteiger partial charge in [0.25, 0.3) is 5.91 Å². The number of hydrogen-bond acceptors (Lipinski definition) is 2. The molecule has 4 heteroatoms. The van der Waals surface area contributed by atoms with Crippen molar-refractivity contribution in [1.82, 2.24) is 4.90 Å². The fourth-order valence-electron chi connectivity index (χ4n) is 1.40. The van der Waals surface area contributed by atoms with Crippen LogP contribution in [-0.2, 0) is 16.0 Å². The molecule has 1 aromatic rings. The van der Waals surface area contributed by atoms with E-state index in [1.807, 2.05) is 25.1 Å². The zero-order valence-corrected chi connectivity index (χ0v) is 11.0. The van der Waals surface area contributed by atoms with Crippen molar-refractivity contribution in [1.29, 1.82) is 0 Å². The number of nitrogens with zero attached hydrogens (tertiary/aromatic N) is 1. The van der Waals surface area contributed by atoms with Crippen molar-refractivity contribution in [2.45, 2.75) is 13.3 Å². The molecule has 0 aliphatic carbocycles. The van der Waals surface area contributed by atoms with E-state index in [1.165, 1.54) is 16.0 Å². The van der Waals surface area contributed by atoms with Crippen LogP contribution in [0.15, 0.2) is 22.7 Å². The molecule has 0 saturated heterocycles. The highest BCUT2D eigenvalue weighted by molar-refractivity contribution is 9.10. The average molecular weight is 284 g/mol. The summed E-state index contributed by atoms with van der Waals surface area (Å²) < 4.78 is 1.03. The van der Waals surface area contributed by atoms with Gasteiger partial charge in [-0.1, -0.05) is 22.0 Å². The number of benzene rings is 1. The number of aryl methyl sites for hydroxylation is 1. The molecule has 0 heterocycles. The summed E-state index contributed by atoms with van der Waals surface area (Å²) in [6.45, 7) is 2.58. The molecule has 3 nitrogen and oxygen atoms in total. The summed E-state index contributed by atoms with van der Waals surface area (Å²) in [4.78, 5) is 22.7. The first-order valence-corrected chi connectivity index (χ1v) is 5.79. The third kappa shape index (κ3) is 3.45. The summed E-state index contributed by atoms with van der Waals surface area (Å²) in [7, 11) is 1.63. The van der Waals surface area contributed by atoms with Crippen LogP contribution in [0.5, 0.6) is 0 Å². The third-order valence-corrected chi connectivity index (χ3v) is 3.00. The second-order valence-corrected chi connectivity index (χ2v) is 4.61. The van der Waals surface area contributed by atoms with Crippen molar-refractivity contribution in [2.24, 2.45) is 0 Å². The van der Waals surface area contributed by atoms with E-state index >= 15 is 0 Å². The lowest BCUT2D eigenvalue weighted by Gasteiger charge is -2.14. The molecule has 0 atom stereocenters. The normalized spacial score (nSPS) is 9.94. The second kappa shape index (κ2) is 5.80. The van der Waals surface area contributed by atoms with Gasteiger partial charge in [0.1, 0.15) is 0 Å². The van der Waals surface area contributed by atoms with Gasteiger partial charge in [0, 0.05) is 18.1 Å². The SMILES string of the molecule is Cc1ccc(Br)cc1CCN(C)C(=O)C=O. The first-order valence-electron chi connectivity index (χ1n) is 5.00. The molecule has 0 fully saturated rings. The quantitative estimate of drug-likeness (QED) is 0.626. The van der Waals surface area contributed by atoms with Crippen LogP contribution in [0.1, 0.15) is 11.1 Å². The van der Waals surface area contributed by atoms with E-state index in [2.05, 4.69) is 15.9 Å². The zero-order chi connectivity index (χ0) is 12.1.